The van der Waals surface area contributed by atoms with E-state index in [0.29, 0.717) is 12.2 Å². The number of hydrogen-bond donors (Lipinski definition) is 1. The Bertz CT molecular complexity index is 940. The van der Waals surface area contributed by atoms with Crippen LogP contribution in [0.3, 0.4) is 0 Å². The Kier molecular flexibility index (Phi) is 3.87. The number of carbonyl (C=O) groups is 2. The van der Waals surface area contributed by atoms with E-state index in [0.717, 1.165) is 41.4 Å². The number of rotatable bonds is 3. The second-order valence-electron chi connectivity index (χ2n) is 6.22. The largest absolute Gasteiger partial charge is 0.465 e. The number of aryl methyl sites for hydroxylation is 1. The summed E-state index contributed by atoms with van der Waals surface area (Å²) in [7, 11) is 0. The first-order valence-electron chi connectivity index (χ1n) is 8.53. The van der Waals surface area contributed by atoms with Crippen molar-refractivity contribution in [2.75, 3.05) is 6.61 Å². The zero-order valence-corrected chi connectivity index (χ0v) is 14.0. The molecule has 2 heterocycles. The minimum atomic E-state index is -0.285. The number of esters is 1. The molecule has 1 aromatic carbocycles. The Balaban J connectivity index is 1.84. The fourth-order valence-corrected chi connectivity index (χ4v) is 3.66. The normalized spacial score (nSPS) is 16.6. The number of benzene rings is 1. The topological polar surface area (TPSA) is 77.0 Å². The van der Waals surface area contributed by atoms with E-state index < -0.39 is 0 Å². The summed E-state index contributed by atoms with van der Waals surface area (Å²) in [6.45, 7) is 2.18. The van der Waals surface area contributed by atoms with Gasteiger partial charge in [-0.3, -0.25) is 14.2 Å². The van der Waals surface area contributed by atoms with Crippen molar-refractivity contribution >= 4 is 22.8 Å². The number of ether oxygens (including phenoxy) is 1. The van der Waals surface area contributed by atoms with Crippen LogP contribution in [0, 0.1) is 0 Å². The maximum Gasteiger partial charge on any atom is 0.314 e. The molecule has 0 saturated heterocycles. The summed E-state index contributed by atoms with van der Waals surface area (Å²) in [5.41, 5.74) is 3.38. The van der Waals surface area contributed by atoms with E-state index in [2.05, 4.69) is 9.97 Å². The smallest absolute Gasteiger partial charge is 0.314 e. The lowest BCUT2D eigenvalue weighted by Crippen LogP contribution is -2.20. The molecule has 25 heavy (non-hydrogen) atoms. The second kappa shape index (κ2) is 6.20. The molecule has 1 atom stereocenters. The molecule has 0 amide bonds. The van der Waals surface area contributed by atoms with E-state index in [9.17, 15) is 9.59 Å². The first kappa shape index (κ1) is 15.6. The van der Waals surface area contributed by atoms with Crippen molar-refractivity contribution in [3.63, 3.8) is 0 Å². The molecule has 3 aromatic rings. The molecule has 0 fully saturated rings. The van der Waals surface area contributed by atoms with E-state index in [-0.39, 0.29) is 17.8 Å². The van der Waals surface area contributed by atoms with E-state index >= 15 is 0 Å². The number of fused-ring (bicyclic) bond motifs is 3. The summed E-state index contributed by atoms with van der Waals surface area (Å²) < 4.78 is 6.69. The van der Waals surface area contributed by atoms with Crippen LogP contribution in [-0.4, -0.2) is 33.0 Å². The fourth-order valence-electron chi connectivity index (χ4n) is 3.66. The molecule has 2 aromatic heterocycles. The van der Waals surface area contributed by atoms with Gasteiger partial charge in [-0.05, 0) is 37.8 Å². The number of aromatic nitrogens is 3. The van der Waals surface area contributed by atoms with Gasteiger partial charge in [-0.15, -0.1) is 0 Å². The van der Waals surface area contributed by atoms with Crippen molar-refractivity contribution in [3.05, 3.63) is 53.7 Å². The van der Waals surface area contributed by atoms with Crippen molar-refractivity contribution in [2.45, 2.75) is 32.1 Å². The third-order valence-electron chi connectivity index (χ3n) is 4.78. The summed E-state index contributed by atoms with van der Waals surface area (Å²) >= 11 is 0. The Morgan fingerprint density at radius 2 is 2.28 bits per heavy atom. The first-order valence-corrected chi connectivity index (χ1v) is 8.53. The van der Waals surface area contributed by atoms with Crippen LogP contribution in [0.2, 0.25) is 0 Å². The minimum absolute atomic E-state index is 0.144. The number of hydrogen-bond acceptors (Lipinski definition) is 4. The van der Waals surface area contributed by atoms with Crippen molar-refractivity contribution in [1.82, 2.24) is 14.5 Å². The molecule has 1 N–H and O–H groups in total. The van der Waals surface area contributed by atoms with Crippen LogP contribution in [0.15, 0.2) is 36.9 Å². The molecule has 0 bridgehead atoms. The number of nitrogens with one attached hydrogen (secondary N) is 1. The SMILES string of the molecule is CCOC(=O)C1CCCc2c1[nH]c1c(C(=O)n3ccnc3)cccc21. The summed E-state index contributed by atoms with van der Waals surface area (Å²) in [5, 5.41) is 1.01. The molecule has 6 heteroatoms. The van der Waals surface area contributed by atoms with Gasteiger partial charge in [0.25, 0.3) is 5.91 Å². The monoisotopic (exact) mass is 337 g/mol. The first-order chi connectivity index (χ1) is 12.2. The molecule has 0 aliphatic heterocycles. The molecular formula is C19H19N3O3. The van der Waals surface area contributed by atoms with Gasteiger partial charge in [0, 0.05) is 23.5 Å². The standard InChI is InChI=1S/C19H19N3O3/c1-2-25-19(24)15-8-4-6-13-12-5-3-7-14(16(12)21-17(13)15)18(23)22-10-9-20-11-22/h3,5,7,9-11,15,21H,2,4,6,8H2,1H3. The number of carbonyl (C=O) groups excluding carboxylic acids is 2. The minimum Gasteiger partial charge on any atom is -0.465 e. The van der Waals surface area contributed by atoms with Crippen LogP contribution in [0.25, 0.3) is 10.9 Å². The van der Waals surface area contributed by atoms with E-state index in [1.165, 1.54) is 10.9 Å². The van der Waals surface area contributed by atoms with Gasteiger partial charge in [-0.2, -0.15) is 0 Å². The maximum atomic E-state index is 12.8. The third-order valence-corrected chi connectivity index (χ3v) is 4.78. The number of imidazole rings is 1. The van der Waals surface area contributed by atoms with Gasteiger partial charge in [0.1, 0.15) is 6.33 Å². The number of H-pyrrole nitrogens is 1. The van der Waals surface area contributed by atoms with Crippen LogP contribution < -0.4 is 0 Å². The Hall–Kier alpha value is -2.89. The van der Waals surface area contributed by atoms with Gasteiger partial charge in [0.15, 0.2) is 0 Å². The number of aromatic amines is 1. The Morgan fingerprint density at radius 1 is 1.40 bits per heavy atom. The molecule has 128 valence electrons. The molecule has 1 aliphatic rings. The Morgan fingerprint density at radius 3 is 3.04 bits per heavy atom. The second-order valence-corrected chi connectivity index (χ2v) is 6.22. The van der Waals surface area contributed by atoms with E-state index in [1.54, 1.807) is 18.5 Å². The average Bonchev–Trinajstić information content (AvgIpc) is 3.28. The molecule has 6 nitrogen and oxygen atoms in total. The van der Waals surface area contributed by atoms with Gasteiger partial charge < -0.3 is 9.72 Å². The highest BCUT2D eigenvalue weighted by Crippen LogP contribution is 2.37. The van der Waals surface area contributed by atoms with Crippen molar-refractivity contribution in [2.24, 2.45) is 0 Å². The lowest BCUT2D eigenvalue weighted by molar-refractivity contribution is -0.145. The molecule has 0 saturated carbocycles. The zero-order valence-electron chi connectivity index (χ0n) is 14.0. The molecule has 1 aliphatic carbocycles. The molecule has 0 radical (unpaired) electrons. The van der Waals surface area contributed by atoms with E-state index in [4.69, 9.17) is 4.74 Å². The third kappa shape index (κ3) is 2.54. The highest BCUT2D eigenvalue weighted by molar-refractivity contribution is 6.08. The summed E-state index contributed by atoms with van der Waals surface area (Å²) in [5.74, 6) is -0.626. The van der Waals surface area contributed by atoms with Crippen LogP contribution in [0.1, 0.15) is 47.3 Å². The summed E-state index contributed by atoms with van der Waals surface area (Å²) in [4.78, 5) is 32.4. The summed E-state index contributed by atoms with van der Waals surface area (Å²) in [6, 6.07) is 5.68. The van der Waals surface area contributed by atoms with Crippen LogP contribution >= 0.6 is 0 Å². The highest BCUT2D eigenvalue weighted by Gasteiger charge is 2.31. The molecule has 4 rings (SSSR count). The van der Waals surface area contributed by atoms with Crippen molar-refractivity contribution in [1.29, 1.82) is 0 Å². The lowest BCUT2D eigenvalue weighted by Gasteiger charge is -2.20. The Labute approximate surface area is 144 Å². The molecule has 0 spiro atoms. The molecular weight excluding hydrogens is 318 g/mol. The number of para-hydroxylation sites is 1. The molecule has 1 unspecified atom stereocenters. The van der Waals surface area contributed by atoms with Gasteiger partial charge in [-0.25, -0.2) is 4.98 Å². The van der Waals surface area contributed by atoms with Gasteiger partial charge in [0.05, 0.1) is 23.6 Å². The maximum absolute atomic E-state index is 12.8. The lowest BCUT2D eigenvalue weighted by atomic mass is 9.86. The fraction of sp³-hybridized carbons (Fsp3) is 0.316. The number of nitrogens with zero attached hydrogens (tertiary/aromatic N) is 2. The van der Waals surface area contributed by atoms with Gasteiger partial charge in [-0.1, -0.05) is 12.1 Å². The van der Waals surface area contributed by atoms with Crippen LogP contribution in [0.4, 0.5) is 0 Å². The van der Waals surface area contributed by atoms with Gasteiger partial charge >= 0.3 is 5.97 Å². The van der Waals surface area contributed by atoms with Crippen LogP contribution in [-0.2, 0) is 16.0 Å². The quantitative estimate of drug-likeness (QED) is 0.745. The zero-order chi connectivity index (χ0) is 17.4. The van der Waals surface area contributed by atoms with Crippen molar-refractivity contribution in [3.8, 4) is 0 Å². The predicted octanol–water partition coefficient (Wildman–Crippen LogP) is 3.04. The van der Waals surface area contributed by atoms with Crippen LogP contribution in [0.5, 0.6) is 0 Å². The average molecular weight is 337 g/mol. The van der Waals surface area contributed by atoms with Gasteiger partial charge in [0.2, 0.25) is 0 Å². The van der Waals surface area contributed by atoms with E-state index in [1.807, 2.05) is 19.1 Å². The predicted molar refractivity (Wildman–Crippen MR) is 92.6 cm³/mol. The van der Waals surface area contributed by atoms with Crippen molar-refractivity contribution < 1.29 is 14.3 Å². The summed E-state index contributed by atoms with van der Waals surface area (Å²) in [6.07, 6.45) is 7.30. The highest BCUT2D eigenvalue weighted by atomic mass is 16.5.